The summed E-state index contributed by atoms with van der Waals surface area (Å²) in [6.45, 7) is 4.48. The average Bonchev–Trinajstić information content (AvgIpc) is 3.00. The maximum Gasteiger partial charge on any atom is 0.311 e. The van der Waals surface area contributed by atoms with Crippen LogP contribution in [0.4, 0.5) is 0 Å². The molecule has 12 heteroatoms. The van der Waals surface area contributed by atoms with Gasteiger partial charge in [0.2, 0.25) is 5.91 Å². The number of sulfonamides is 1. The van der Waals surface area contributed by atoms with E-state index in [1.54, 1.807) is 20.8 Å². The summed E-state index contributed by atoms with van der Waals surface area (Å²) >= 11 is 0. The van der Waals surface area contributed by atoms with E-state index in [2.05, 4.69) is 4.74 Å². The molecule has 1 aliphatic rings. The highest BCUT2D eigenvalue weighted by Gasteiger charge is 2.44. The monoisotopic (exact) mass is 511 g/mol. The van der Waals surface area contributed by atoms with Crippen molar-refractivity contribution in [3.63, 3.8) is 0 Å². The first-order valence-electron chi connectivity index (χ1n) is 10.9. The smallest absolute Gasteiger partial charge is 0.311 e. The van der Waals surface area contributed by atoms with Crippen LogP contribution in [0.1, 0.15) is 56.8 Å². The zero-order valence-corrected chi connectivity index (χ0v) is 20.9. The van der Waals surface area contributed by atoms with Crippen LogP contribution in [-0.2, 0) is 43.4 Å². The molecule has 0 radical (unpaired) electrons. The molecule has 0 fully saturated rings. The van der Waals surface area contributed by atoms with E-state index in [0.29, 0.717) is 0 Å². The van der Waals surface area contributed by atoms with Gasteiger partial charge in [-0.05, 0) is 38.8 Å². The predicted octanol–water partition coefficient (Wildman–Crippen LogP) is 1.84. The summed E-state index contributed by atoms with van der Waals surface area (Å²) in [6, 6.07) is 5.53. The Hall–Kier alpha value is -3.28. The van der Waals surface area contributed by atoms with Crippen LogP contribution in [0.5, 0.6) is 0 Å². The van der Waals surface area contributed by atoms with E-state index < -0.39 is 51.1 Å². The lowest BCUT2D eigenvalue weighted by molar-refractivity contribution is -0.161. The normalized spacial score (nSPS) is 15.2. The van der Waals surface area contributed by atoms with Crippen molar-refractivity contribution >= 4 is 39.7 Å². The van der Waals surface area contributed by atoms with E-state index in [4.69, 9.17) is 9.47 Å². The Kier molecular flexibility index (Phi) is 9.13. The lowest BCUT2D eigenvalue weighted by Gasteiger charge is -2.24. The van der Waals surface area contributed by atoms with Gasteiger partial charge in [-0.25, -0.2) is 8.42 Å². The highest BCUT2D eigenvalue weighted by molar-refractivity contribution is 7.90. The number of esters is 3. The Morgan fingerprint density at radius 3 is 2.29 bits per heavy atom. The number of hydrogen-bond donors (Lipinski definition) is 0. The minimum absolute atomic E-state index is 0.0362. The minimum atomic E-state index is -4.25. The number of hydrogen-bond acceptors (Lipinski definition) is 10. The molecule has 0 bridgehead atoms. The van der Waals surface area contributed by atoms with Crippen LogP contribution >= 0.6 is 0 Å². The fourth-order valence-corrected chi connectivity index (χ4v) is 5.17. The molecule has 0 spiro atoms. The third-order valence-electron chi connectivity index (χ3n) is 5.37. The molecule has 1 aromatic carbocycles. The molecular weight excluding hydrogens is 482 g/mol. The standard InChI is InChI=1S/C23H29NO10S/c1-15(21(28)32-4)14-23(2,3)22(29)34-13-12-33-19(26)11-7-10-18(25)24-20(27)16-8-5-6-9-17(16)35(24,30)31/h5-6,8-9,15H,7,10-14H2,1-4H3. The summed E-state index contributed by atoms with van der Waals surface area (Å²) in [7, 11) is -2.99. The number of imide groups is 1. The fourth-order valence-electron chi connectivity index (χ4n) is 3.61. The van der Waals surface area contributed by atoms with Gasteiger partial charge in [-0.3, -0.25) is 24.0 Å². The van der Waals surface area contributed by atoms with Crippen molar-refractivity contribution in [2.75, 3.05) is 20.3 Å². The van der Waals surface area contributed by atoms with Crippen molar-refractivity contribution in [2.45, 2.75) is 51.3 Å². The van der Waals surface area contributed by atoms with Crippen LogP contribution in [-0.4, -0.2) is 62.8 Å². The van der Waals surface area contributed by atoms with Gasteiger partial charge in [0.25, 0.3) is 15.9 Å². The van der Waals surface area contributed by atoms with Gasteiger partial charge in [0.05, 0.1) is 24.0 Å². The molecule has 192 valence electrons. The molecule has 1 heterocycles. The molecule has 0 saturated heterocycles. The number of methoxy groups -OCH3 is 1. The Bertz CT molecular complexity index is 1110. The SMILES string of the molecule is COC(=O)C(C)CC(C)(C)C(=O)OCCOC(=O)CCCC(=O)N1C(=O)c2ccccc2S1(=O)=O. The summed E-state index contributed by atoms with van der Waals surface area (Å²) < 4.78 is 39.9. The second kappa shape index (κ2) is 11.4. The van der Waals surface area contributed by atoms with E-state index >= 15 is 0 Å². The van der Waals surface area contributed by atoms with E-state index in [0.717, 1.165) is 0 Å². The van der Waals surface area contributed by atoms with Crippen LogP contribution < -0.4 is 0 Å². The molecule has 0 saturated carbocycles. The summed E-state index contributed by atoms with van der Waals surface area (Å²) in [5.74, 6) is -4.02. The lowest BCUT2D eigenvalue weighted by Crippen LogP contribution is -2.36. The molecule has 11 nitrogen and oxygen atoms in total. The van der Waals surface area contributed by atoms with Crippen LogP contribution in [0.2, 0.25) is 0 Å². The zero-order chi connectivity index (χ0) is 26.4. The first kappa shape index (κ1) is 28.0. The first-order valence-corrected chi connectivity index (χ1v) is 12.4. The second-order valence-corrected chi connectivity index (χ2v) is 10.4. The lowest BCUT2D eigenvalue weighted by atomic mass is 9.83. The topological polar surface area (TPSA) is 150 Å². The number of fused-ring (bicyclic) bond motifs is 1. The van der Waals surface area contributed by atoms with Gasteiger partial charge in [-0.15, -0.1) is 0 Å². The quantitative estimate of drug-likeness (QED) is 0.244. The highest BCUT2D eigenvalue weighted by Crippen LogP contribution is 2.31. The van der Waals surface area contributed by atoms with Crippen LogP contribution in [0.3, 0.4) is 0 Å². The van der Waals surface area contributed by atoms with Crippen molar-refractivity contribution in [1.82, 2.24) is 4.31 Å². The number of benzene rings is 1. The number of ether oxygens (including phenoxy) is 3. The molecule has 2 rings (SSSR count). The molecule has 2 amide bonds. The van der Waals surface area contributed by atoms with Crippen LogP contribution in [0.15, 0.2) is 29.2 Å². The summed E-state index contributed by atoms with van der Waals surface area (Å²) in [5.41, 5.74) is -1.02. The number of rotatable bonds is 11. The number of carbonyl (C=O) groups is 5. The maximum absolute atomic E-state index is 12.5. The van der Waals surface area contributed by atoms with Gasteiger partial charge >= 0.3 is 17.9 Å². The van der Waals surface area contributed by atoms with Crippen LogP contribution in [0.25, 0.3) is 0 Å². The minimum Gasteiger partial charge on any atom is -0.469 e. The molecule has 1 unspecified atom stereocenters. The van der Waals surface area contributed by atoms with Gasteiger partial charge < -0.3 is 14.2 Å². The van der Waals surface area contributed by atoms with Gasteiger partial charge in [0.15, 0.2) is 0 Å². The highest BCUT2D eigenvalue weighted by atomic mass is 32.2. The number of amides is 2. The third kappa shape index (κ3) is 6.65. The summed E-state index contributed by atoms with van der Waals surface area (Å²) in [4.78, 5) is 60.2. The molecule has 1 atom stereocenters. The Labute approximate surface area is 203 Å². The van der Waals surface area contributed by atoms with Crippen molar-refractivity contribution < 1.29 is 46.6 Å². The van der Waals surface area contributed by atoms with Crippen LogP contribution in [0, 0.1) is 11.3 Å². The van der Waals surface area contributed by atoms with E-state index in [-0.39, 0.29) is 53.7 Å². The summed E-state index contributed by atoms with van der Waals surface area (Å²) in [6.07, 6.45) is -0.370. The van der Waals surface area contributed by atoms with Gasteiger partial charge in [-0.2, -0.15) is 4.31 Å². The number of nitrogens with zero attached hydrogens (tertiary/aromatic N) is 1. The van der Waals surface area contributed by atoms with Gasteiger partial charge in [0, 0.05) is 12.8 Å². The van der Waals surface area contributed by atoms with Gasteiger partial charge in [0.1, 0.15) is 18.1 Å². The Morgan fingerprint density at radius 1 is 1.03 bits per heavy atom. The van der Waals surface area contributed by atoms with Gasteiger partial charge in [-0.1, -0.05) is 19.1 Å². The Balaban J connectivity index is 1.72. The largest absolute Gasteiger partial charge is 0.469 e. The van der Waals surface area contributed by atoms with E-state index in [1.807, 2.05) is 0 Å². The zero-order valence-electron chi connectivity index (χ0n) is 20.1. The van der Waals surface area contributed by atoms with E-state index in [1.165, 1.54) is 31.4 Å². The Morgan fingerprint density at radius 2 is 1.66 bits per heavy atom. The van der Waals surface area contributed by atoms with E-state index in [9.17, 15) is 32.4 Å². The van der Waals surface area contributed by atoms with Crippen molar-refractivity contribution in [3.8, 4) is 0 Å². The molecule has 1 aliphatic heterocycles. The molecular formula is C23H29NO10S. The second-order valence-electron chi connectivity index (χ2n) is 8.69. The van der Waals surface area contributed by atoms with Crippen molar-refractivity contribution in [2.24, 2.45) is 11.3 Å². The van der Waals surface area contributed by atoms with Crippen molar-refractivity contribution in [3.05, 3.63) is 29.8 Å². The molecule has 35 heavy (non-hydrogen) atoms. The molecule has 0 aliphatic carbocycles. The molecule has 0 N–H and O–H groups in total. The molecule has 0 aromatic heterocycles. The average molecular weight is 512 g/mol. The third-order valence-corrected chi connectivity index (χ3v) is 7.13. The number of carbonyl (C=O) groups excluding carboxylic acids is 5. The first-order chi connectivity index (χ1) is 16.3. The predicted molar refractivity (Wildman–Crippen MR) is 120 cm³/mol. The van der Waals surface area contributed by atoms with Crippen molar-refractivity contribution in [1.29, 1.82) is 0 Å². The fraction of sp³-hybridized carbons (Fsp3) is 0.522. The molecule has 1 aromatic rings. The summed E-state index contributed by atoms with van der Waals surface area (Å²) in [5, 5.41) is 0. The maximum atomic E-state index is 12.5.